The van der Waals surface area contributed by atoms with E-state index in [9.17, 15) is 4.79 Å². The zero-order valence-electron chi connectivity index (χ0n) is 8.63. The quantitative estimate of drug-likeness (QED) is 0.660. The van der Waals surface area contributed by atoms with Crippen LogP contribution in [0.5, 0.6) is 0 Å². The maximum atomic E-state index is 11.3. The number of hydrogen-bond acceptors (Lipinski definition) is 1. The van der Waals surface area contributed by atoms with Crippen molar-refractivity contribution in [1.82, 2.24) is 0 Å². The van der Waals surface area contributed by atoms with Crippen LogP contribution < -0.4 is 0 Å². The van der Waals surface area contributed by atoms with Crippen molar-refractivity contribution < 1.29 is 4.79 Å². The summed E-state index contributed by atoms with van der Waals surface area (Å²) in [5.74, 6) is 0.0845. The first-order valence-electron chi connectivity index (χ1n) is 4.50. The Labute approximate surface area is 84.8 Å². The maximum Gasteiger partial charge on any atom is 0.160 e. The second kappa shape index (κ2) is 4.05. The molecule has 1 heteroatoms. The van der Waals surface area contributed by atoms with Gasteiger partial charge in [0.2, 0.25) is 0 Å². The summed E-state index contributed by atoms with van der Waals surface area (Å²) in [7, 11) is 0. The third kappa shape index (κ3) is 1.82. The highest BCUT2D eigenvalue weighted by atomic mass is 16.1. The molecule has 0 aliphatic rings. The molecule has 0 saturated heterocycles. The summed E-state index contributed by atoms with van der Waals surface area (Å²) in [6, 6.07) is 3.82. The molecule has 0 aliphatic carbocycles. The van der Waals surface area contributed by atoms with Crippen LogP contribution in [0, 0.1) is 6.92 Å². The monoisotopic (exact) mass is 186 g/mol. The van der Waals surface area contributed by atoms with Gasteiger partial charge in [0.05, 0.1) is 0 Å². The number of carbonyl (C=O) groups excluding carboxylic acids is 1. The molecule has 0 spiro atoms. The van der Waals surface area contributed by atoms with E-state index in [-0.39, 0.29) is 5.78 Å². The van der Waals surface area contributed by atoms with Crippen LogP contribution >= 0.6 is 0 Å². The van der Waals surface area contributed by atoms with Crippen LogP contribution in [0.15, 0.2) is 25.3 Å². The number of carbonyl (C=O) groups is 1. The lowest BCUT2D eigenvalue weighted by molar-refractivity contribution is 0.101. The molecular formula is C13H14O. The van der Waals surface area contributed by atoms with Crippen LogP contribution in [0.3, 0.4) is 0 Å². The summed E-state index contributed by atoms with van der Waals surface area (Å²) in [6.45, 7) is 10.9. The molecule has 72 valence electrons. The highest BCUT2D eigenvalue weighted by molar-refractivity contribution is 5.96. The van der Waals surface area contributed by atoms with Gasteiger partial charge in [-0.3, -0.25) is 4.79 Å². The smallest absolute Gasteiger partial charge is 0.160 e. The van der Waals surface area contributed by atoms with Crippen molar-refractivity contribution in [3.05, 3.63) is 47.5 Å². The van der Waals surface area contributed by atoms with E-state index in [0.717, 1.165) is 22.3 Å². The number of ketones is 1. The maximum absolute atomic E-state index is 11.3. The number of benzene rings is 1. The summed E-state index contributed by atoms with van der Waals surface area (Å²) in [6.07, 6.45) is 3.51. The van der Waals surface area contributed by atoms with Gasteiger partial charge in [0.25, 0.3) is 0 Å². The van der Waals surface area contributed by atoms with Gasteiger partial charge in [-0.05, 0) is 36.6 Å². The SMILES string of the molecule is C=Cc1cc(C)c(C(C)=O)cc1C=C. The Kier molecular flexibility index (Phi) is 3.03. The fourth-order valence-corrected chi connectivity index (χ4v) is 1.48. The molecule has 0 atom stereocenters. The summed E-state index contributed by atoms with van der Waals surface area (Å²) >= 11 is 0. The highest BCUT2D eigenvalue weighted by Crippen LogP contribution is 2.19. The molecule has 0 saturated carbocycles. The van der Waals surface area contributed by atoms with Crippen molar-refractivity contribution in [2.75, 3.05) is 0 Å². The minimum Gasteiger partial charge on any atom is -0.295 e. The van der Waals surface area contributed by atoms with E-state index in [4.69, 9.17) is 0 Å². The molecule has 0 radical (unpaired) electrons. The summed E-state index contributed by atoms with van der Waals surface area (Å²) in [5, 5.41) is 0. The first-order chi connectivity index (χ1) is 6.60. The fraction of sp³-hybridized carbons (Fsp3) is 0.154. The molecule has 1 nitrogen and oxygen atoms in total. The fourth-order valence-electron chi connectivity index (χ4n) is 1.48. The molecule has 0 amide bonds. The third-order valence-electron chi connectivity index (χ3n) is 2.25. The Morgan fingerprint density at radius 1 is 1.21 bits per heavy atom. The van der Waals surface area contributed by atoms with Crippen LogP contribution in [0.2, 0.25) is 0 Å². The lowest BCUT2D eigenvalue weighted by Crippen LogP contribution is -1.98. The van der Waals surface area contributed by atoms with E-state index >= 15 is 0 Å². The second-order valence-corrected chi connectivity index (χ2v) is 3.26. The topological polar surface area (TPSA) is 17.1 Å². The van der Waals surface area contributed by atoms with E-state index in [1.54, 1.807) is 19.1 Å². The van der Waals surface area contributed by atoms with Gasteiger partial charge < -0.3 is 0 Å². The predicted octanol–water partition coefficient (Wildman–Crippen LogP) is 3.48. The van der Waals surface area contributed by atoms with Gasteiger partial charge in [0.1, 0.15) is 0 Å². The zero-order chi connectivity index (χ0) is 10.7. The molecule has 0 unspecified atom stereocenters. The number of Topliss-reactive ketones (excluding diaryl/α,β-unsaturated/α-hetero) is 1. The van der Waals surface area contributed by atoms with Crippen LogP contribution in [0.4, 0.5) is 0 Å². The molecule has 0 heterocycles. The molecular weight excluding hydrogens is 172 g/mol. The third-order valence-corrected chi connectivity index (χ3v) is 2.25. The summed E-state index contributed by atoms with van der Waals surface area (Å²) < 4.78 is 0. The molecule has 14 heavy (non-hydrogen) atoms. The van der Waals surface area contributed by atoms with Gasteiger partial charge in [-0.15, -0.1) is 0 Å². The number of rotatable bonds is 3. The number of hydrogen-bond donors (Lipinski definition) is 0. The molecule has 1 rings (SSSR count). The van der Waals surface area contributed by atoms with Crippen molar-refractivity contribution in [1.29, 1.82) is 0 Å². The van der Waals surface area contributed by atoms with Crippen LogP contribution in [0.25, 0.3) is 12.2 Å². The Hall–Kier alpha value is -1.63. The largest absolute Gasteiger partial charge is 0.295 e. The normalized spacial score (nSPS) is 9.57. The standard InChI is InChI=1S/C13H14O/c1-5-11-7-9(3)13(10(4)14)8-12(11)6-2/h5-8H,1-2H2,3-4H3. The first kappa shape index (κ1) is 10.5. The van der Waals surface area contributed by atoms with Gasteiger partial charge in [-0.1, -0.05) is 31.4 Å². The van der Waals surface area contributed by atoms with E-state index < -0.39 is 0 Å². The van der Waals surface area contributed by atoms with Crippen LogP contribution in [-0.4, -0.2) is 5.78 Å². The van der Waals surface area contributed by atoms with E-state index in [1.807, 2.05) is 19.1 Å². The Bertz CT molecular complexity index is 400. The Morgan fingerprint density at radius 2 is 1.71 bits per heavy atom. The lowest BCUT2D eigenvalue weighted by Gasteiger charge is -2.07. The molecule has 0 bridgehead atoms. The zero-order valence-corrected chi connectivity index (χ0v) is 8.63. The van der Waals surface area contributed by atoms with Crippen molar-refractivity contribution in [3.63, 3.8) is 0 Å². The highest BCUT2D eigenvalue weighted by Gasteiger charge is 2.06. The van der Waals surface area contributed by atoms with Gasteiger partial charge in [-0.2, -0.15) is 0 Å². The van der Waals surface area contributed by atoms with Crippen molar-refractivity contribution in [3.8, 4) is 0 Å². The molecule has 0 fully saturated rings. The Morgan fingerprint density at radius 3 is 2.14 bits per heavy atom. The summed E-state index contributed by atoms with van der Waals surface area (Å²) in [4.78, 5) is 11.3. The van der Waals surface area contributed by atoms with E-state index in [2.05, 4.69) is 13.2 Å². The van der Waals surface area contributed by atoms with Crippen LogP contribution in [0.1, 0.15) is 34.0 Å². The molecule has 0 aliphatic heterocycles. The average Bonchev–Trinajstić information content (AvgIpc) is 2.16. The average molecular weight is 186 g/mol. The number of aryl methyl sites for hydroxylation is 1. The second-order valence-electron chi connectivity index (χ2n) is 3.26. The lowest BCUT2D eigenvalue weighted by atomic mass is 9.97. The Balaban J connectivity index is 3.44. The molecule has 1 aromatic rings. The minimum atomic E-state index is 0.0845. The van der Waals surface area contributed by atoms with Crippen LogP contribution in [-0.2, 0) is 0 Å². The van der Waals surface area contributed by atoms with Gasteiger partial charge >= 0.3 is 0 Å². The van der Waals surface area contributed by atoms with Gasteiger partial charge in [-0.25, -0.2) is 0 Å². The summed E-state index contributed by atoms with van der Waals surface area (Å²) in [5.41, 5.74) is 3.71. The van der Waals surface area contributed by atoms with E-state index in [0.29, 0.717) is 0 Å². The molecule has 1 aromatic carbocycles. The van der Waals surface area contributed by atoms with Crippen molar-refractivity contribution >= 4 is 17.9 Å². The first-order valence-corrected chi connectivity index (χ1v) is 4.50. The van der Waals surface area contributed by atoms with E-state index in [1.165, 1.54) is 0 Å². The molecule has 0 N–H and O–H groups in total. The van der Waals surface area contributed by atoms with Gasteiger partial charge in [0, 0.05) is 5.56 Å². The van der Waals surface area contributed by atoms with Crippen molar-refractivity contribution in [2.45, 2.75) is 13.8 Å². The van der Waals surface area contributed by atoms with Gasteiger partial charge in [0.15, 0.2) is 5.78 Å². The molecule has 0 aromatic heterocycles. The van der Waals surface area contributed by atoms with Crippen molar-refractivity contribution in [2.24, 2.45) is 0 Å². The minimum absolute atomic E-state index is 0.0845. The predicted molar refractivity (Wildman–Crippen MR) is 61.4 cm³/mol.